The van der Waals surface area contributed by atoms with Gasteiger partial charge in [0.25, 0.3) is 0 Å². The first-order chi connectivity index (χ1) is 12.1. The number of esters is 1. The van der Waals surface area contributed by atoms with Crippen LogP contribution < -0.4 is 0 Å². The van der Waals surface area contributed by atoms with Crippen molar-refractivity contribution in [2.75, 3.05) is 6.61 Å². The molecule has 0 amide bonds. The SMILES string of the molecule is CCOC(=O)c1c(C)n(C(C)CC)c2ccc(O)c(C(C)(C)C(=O)O)c12. The Morgan fingerprint density at radius 1 is 1.27 bits per heavy atom. The Balaban J connectivity index is 3.04. The normalized spacial score (nSPS) is 13.0. The van der Waals surface area contributed by atoms with Crippen LogP contribution in [0.2, 0.25) is 0 Å². The third-order valence-corrected chi connectivity index (χ3v) is 5.06. The Hall–Kier alpha value is -2.50. The predicted octanol–water partition coefficient (Wildman–Crippen LogP) is 4.17. The minimum absolute atomic E-state index is 0.103. The molecule has 2 rings (SSSR count). The average Bonchev–Trinajstić information content (AvgIpc) is 2.85. The molecule has 0 radical (unpaired) electrons. The second kappa shape index (κ2) is 7.02. The number of hydrogen-bond acceptors (Lipinski definition) is 4. The highest BCUT2D eigenvalue weighted by Crippen LogP contribution is 2.42. The quantitative estimate of drug-likeness (QED) is 0.754. The number of carbonyl (C=O) groups is 2. The smallest absolute Gasteiger partial charge is 0.340 e. The van der Waals surface area contributed by atoms with E-state index in [1.165, 1.54) is 19.9 Å². The summed E-state index contributed by atoms with van der Waals surface area (Å²) >= 11 is 0. The number of nitrogens with zero attached hydrogens (tertiary/aromatic N) is 1. The van der Waals surface area contributed by atoms with Gasteiger partial charge in [0.2, 0.25) is 0 Å². The highest BCUT2D eigenvalue weighted by atomic mass is 16.5. The van der Waals surface area contributed by atoms with Gasteiger partial charge >= 0.3 is 11.9 Å². The molecule has 1 aromatic carbocycles. The number of aromatic nitrogens is 1. The second-order valence-corrected chi connectivity index (χ2v) is 7.09. The zero-order chi connectivity index (χ0) is 19.8. The number of aromatic hydroxyl groups is 1. The fraction of sp³-hybridized carbons (Fsp3) is 0.500. The van der Waals surface area contributed by atoms with Crippen LogP contribution in [0.3, 0.4) is 0 Å². The minimum atomic E-state index is -1.38. The summed E-state index contributed by atoms with van der Waals surface area (Å²) in [4.78, 5) is 24.6. The number of ether oxygens (including phenoxy) is 1. The van der Waals surface area contributed by atoms with Crippen LogP contribution in [0.1, 0.15) is 68.7 Å². The van der Waals surface area contributed by atoms with Crippen molar-refractivity contribution in [3.63, 3.8) is 0 Å². The molecule has 142 valence electrons. The summed E-state index contributed by atoms with van der Waals surface area (Å²) in [6, 6.07) is 3.33. The van der Waals surface area contributed by atoms with Gasteiger partial charge in [-0.1, -0.05) is 6.92 Å². The molecule has 0 aliphatic carbocycles. The zero-order valence-electron chi connectivity index (χ0n) is 16.2. The highest BCUT2D eigenvalue weighted by Gasteiger charge is 2.37. The van der Waals surface area contributed by atoms with Crippen LogP contribution in [-0.2, 0) is 14.9 Å². The molecule has 2 aromatic rings. The number of hydrogen-bond donors (Lipinski definition) is 2. The van der Waals surface area contributed by atoms with Gasteiger partial charge < -0.3 is 19.5 Å². The van der Waals surface area contributed by atoms with E-state index in [2.05, 4.69) is 0 Å². The number of carbonyl (C=O) groups excluding carboxylic acids is 1. The summed E-state index contributed by atoms with van der Waals surface area (Å²) in [5, 5.41) is 20.7. The topological polar surface area (TPSA) is 88.8 Å². The molecule has 26 heavy (non-hydrogen) atoms. The van der Waals surface area contributed by atoms with Crippen LogP contribution >= 0.6 is 0 Å². The molecule has 0 spiro atoms. The third kappa shape index (κ3) is 2.93. The third-order valence-electron chi connectivity index (χ3n) is 5.06. The van der Waals surface area contributed by atoms with E-state index in [-0.39, 0.29) is 24.0 Å². The van der Waals surface area contributed by atoms with Crippen LogP contribution in [0.5, 0.6) is 5.75 Å². The molecule has 6 heteroatoms. The summed E-state index contributed by atoms with van der Waals surface area (Å²) in [7, 11) is 0. The maximum atomic E-state index is 12.7. The van der Waals surface area contributed by atoms with Gasteiger partial charge in [-0.2, -0.15) is 0 Å². The molecule has 0 fully saturated rings. The van der Waals surface area contributed by atoms with Crippen molar-refractivity contribution in [2.24, 2.45) is 0 Å². The summed E-state index contributed by atoms with van der Waals surface area (Å²) in [5.74, 6) is -1.73. The summed E-state index contributed by atoms with van der Waals surface area (Å²) in [6.07, 6.45) is 0.839. The maximum Gasteiger partial charge on any atom is 0.340 e. The molecule has 2 N–H and O–H groups in total. The molecule has 0 bridgehead atoms. The van der Waals surface area contributed by atoms with E-state index < -0.39 is 17.4 Å². The lowest BCUT2D eigenvalue weighted by atomic mass is 9.81. The van der Waals surface area contributed by atoms with Crippen molar-refractivity contribution in [1.29, 1.82) is 0 Å². The van der Waals surface area contributed by atoms with Gasteiger partial charge in [0.15, 0.2) is 0 Å². The van der Waals surface area contributed by atoms with Crippen LogP contribution in [0.4, 0.5) is 0 Å². The number of carboxylic acid groups (broad SMARTS) is 1. The first-order valence-corrected chi connectivity index (χ1v) is 8.86. The van der Waals surface area contributed by atoms with Crippen molar-refractivity contribution in [3.05, 3.63) is 29.0 Å². The molecule has 1 unspecified atom stereocenters. The first kappa shape index (κ1) is 19.8. The van der Waals surface area contributed by atoms with Crippen LogP contribution in [-0.4, -0.2) is 33.3 Å². The molecule has 1 atom stereocenters. The number of rotatable bonds is 6. The first-order valence-electron chi connectivity index (χ1n) is 8.86. The van der Waals surface area contributed by atoms with E-state index in [1.54, 1.807) is 13.0 Å². The van der Waals surface area contributed by atoms with E-state index in [9.17, 15) is 19.8 Å². The van der Waals surface area contributed by atoms with Crippen LogP contribution in [0.15, 0.2) is 12.1 Å². The summed E-state index contributed by atoms with van der Waals surface area (Å²) in [5.41, 5.74) is 0.611. The van der Waals surface area contributed by atoms with E-state index in [4.69, 9.17) is 4.74 Å². The molecule has 1 aromatic heterocycles. The lowest BCUT2D eigenvalue weighted by molar-refractivity contribution is -0.142. The minimum Gasteiger partial charge on any atom is -0.508 e. The van der Waals surface area contributed by atoms with Crippen molar-refractivity contribution in [3.8, 4) is 5.75 Å². The van der Waals surface area contributed by atoms with Crippen molar-refractivity contribution >= 4 is 22.8 Å². The Morgan fingerprint density at radius 2 is 1.88 bits per heavy atom. The average molecular weight is 361 g/mol. The number of phenolic OH excluding ortho intramolecular Hbond substituents is 1. The molecule has 1 heterocycles. The summed E-state index contributed by atoms with van der Waals surface area (Å²) < 4.78 is 7.25. The van der Waals surface area contributed by atoms with E-state index in [0.717, 1.165) is 11.9 Å². The van der Waals surface area contributed by atoms with E-state index in [1.807, 2.05) is 25.3 Å². The van der Waals surface area contributed by atoms with E-state index in [0.29, 0.717) is 16.6 Å². The molecular formula is C20H27NO5. The summed E-state index contributed by atoms with van der Waals surface area (Å²) in [6.45, 7) is 10.9. The largest absolute Gasteiger partial charge is 0.508 e. The lowest BCUT2D eigenvalue weighted by Crippen LogP contribution is -2.29. The molecule has 6 nitrogen and oxygen atoms in total. The molecule has 0 aliphatic rings. The Kier molecular flexibility index (Phi) is 5.35. The van der Waals surface area contributed by atoms with Gasteiger partial charge in [0.05, 0.1) is 17.6 Å². The Bertz CT molecular complexity index is 863. The lowest BCUT2D eigenvalue weighted by Gasteiger charge is -2.23. The number of benzene rings is 1. The van der Waals surface area contributed by atoms with Gasteiger partial charge in [-0.25, -0.2) is 4.79 Å². The van der Waals surface area contributed by atoms with Gasteiger partial charge in [-0.05, 0) is 53.2 Å². The van der Waals surface area contributed by atoms with E-state index >= 15 is 0 Å². The second-order valence-electron chi connectivity index (χ2n) is 7.09. The fourth-order valence-electron chi connectivity index (χ4n) is 3.46. The number of aliphatic carboxylic acids is 1. The fourth-order valence-corrected chi connectivity index (χ4v) is 3.46. The molecule has 0 saturated heterocycles. The molecule has 0 aliphatic heterocycles. The number of carboxylic acids is 1. The molecular weight excluding hydrogens is 334 g/mol. The monoisotopic (exact) mass is 361 g/mol. The van der Waals surface area contributed by atoms with Gasteiger partial charge in [-0.3, -0.25) is 4.79 Å². The van der Waals surface area contributed by atoms with Crippen LogP contribution in [0.25, 0.3) is 10.9 Å². The van der Waals surface area contributed by atoms with Gasteiger partial charge in [0.1, 0.15) is 5.75 Å². The maximum absolute atomic E-state index is 12.7. The predicted molar refractivity (Wildman–Crippen MR) is 100.0 cm³/mol. The molecule has 0 saturated carbocycles. The van der Waals surface area contributed by atoms with Gasteiger partial charge in [-0.15, -0.1) is 0 Å². The number of phenols is 1. The zero-order valence-corrected chi connectivity index (χ0v) is 16.2. The van der Waals surface area contributed by atoms with Gasteiger partial charge in [0, 0.05) is 28.2 Å². The Morgan fingerprint density at radius 3 is 2.38 bits per heavy atom. The standard InChI is InChI=1S/C20H27NO5/c1-7-11(3)21-12(4)15(18(23)26-8-2)16-13(21)9-10-14(22)17(16)20(5,6)19(24)25/h9-11,22H,7-8H2,1-6H3,(H,24,25). The highest BCUT2D eigenvalue weighted by molar-refractivity contribution is 6.09. The van der Waals surface area contributed by atoms with Crippen molar-refractivity contribution in [1.82, 2.24) is 4.57 Å². The number of fused-ring (bicyclic) bond motifs is 1. The van der Waals surface area contributed by atoms with Crippen molar-refractivity contribution in [2.45, 2.75) is 59.4 Å². The van der Waals surface area contributed by atoms with Crippen molar-refractivity contribution < 1.29 is 24.5 Å². The van der Waals surface area contributed by atoms with Crippen LogP contribution in [0, 0.1) is 6.92 Å². The Labute approximate surface area is 153 Å².